The highest BCUT2D eigenvalue weighted by atomic mass is 16.8. The van der Waals surface area contributed by atoms with Crippen LogP contribution in [-0.4, -0.2) is 44.0 Å². The average Bonchev–Trinajstić information content (AvgIpc) is 3.18. The number of hydrogen-bond acceptors (Lipinski definition) is 11. The number of oxime groups is 1. The molecule has 0 aromatic carbocycles. The molecular weight excluding hydrogens is 300 g/mol. The van der Waals surface area contributed by atoms with Crippen LogP contribution in [0.5, 0.6) is 0 Å². The van der Waals surface area contributed by atoms with Gasteiger partial charge in [0.25, 0.3) is 5.78 Å². The van der Waals surface area contributed by atoms with Crippen LogP contribution in [0.3, 0.4) is 0 Å². The van der Waals surface area contributed by atoms with Crippen molar-refractivity contribution in [1.29, 1.82) is 0 Å². The van der Waals surface area contributed by atoms with Crippen molar-refractivity contribution in [2.75, 3.05) is 0 Å². The Morgan fingerprint density at radius 1 is 1.23 bits per heavy atom. The van der Waals surface area contributed by atoms with Crippen molar-refractivity contribution in [2.24, 2.45) is 5.16 Å². The van der Waals surface area contributed by atoms with E-state index in [4.69, 9.17) is 0 Å². The third-order valence-corrected chi connectivity index (χ3v) is 2.98. The average molecular weight is 309 g/mol. The molecule has 0 saturated heterocycles. The number of aromatic nitrogens is 4. The van der Waals surface area contributed by atoms with Gasteiger partial charge in [0.1, 0.15) is 10.6 Å². The second kappa shape index (κ2) is 5.00. The number of nitrogens with zero attached hydrogens (tertiary/aromatic N) is 5. The Balaban J connectivity index is 2.01. The molecule has 3 heterocycles. The van der Waals surface area contributed by atoms with E-state index >= 15 is 0 Å². The zero-order chi connectivity index (χ0) is 15.9. The lowest BCUT2D eigenvalue weighted by Crippen LogP contribution is -2.40. The van der Waals surface area contributed by atoms with Gasteiger partial charge >= 0.3 is 11.4 Å². The molecule has 0 amide bonds. The van der Waals surface area contributed by atoms with Crippen LogP contribution in [0.2, 0.25) is 0 Å². The summed E-state index contributed by atoms with van der Waals surface area (Å²) in [6.07, 6.45) is 0. The zero-order valence-corrected chi connectivity index (χ0v) is 11.3. The maximum absolute atomic E-state index is 12.4. The number of carbonyl (C=O) groups is 2. The van der Waals surface area contributed by atoms with Gasteiger partial charge in [-0.2, -0.15) is 0 Å². The van der Waals surface area contributed by atoms with E-state index in [0.29, 0.717) is 5.71 Å². The van der Waals surface area contributed by atoms with Gasteiger partial charge in [0.15, 0.2) is 16.9 Å². The first-order valence-electron chi connectivity index (χ1n) is 5.96. The van der Waals surface area contributed by atoms with Crippen molar-refractivity contribution in [1.82, 2.24) is 21.0 Å². The third-order valence-electron chi connectivity index (χ3n) is 2.98. The smallest absolute Gasteiger partial charge is 0.316 e. The fourth-order valence-corrected chi connectivity index (χ4v) is 1.83. The Hall–Kier alpha value is -3.15. The summed E-state index contributed by atoms with van der Waals surface area (Å²) in [4.78, 5) is 29.4. The molecule has 1 aliphatic heterocycles. The van der Waals surface area contributed by atoms with Crippen molar-refractivity contribution in [3.05, 3.63) is 22.8 Å². The molecule has 12 heteroatoms. The van der Waals surface area contributed by atoms with Crippen molar-refractivity contribution >= 4 is 17.3 Å². The summed E-state index contributed by atoms with van der Waals surface area (Å²) in [7, 11) is 0. The van der Waals surface area contributed by atoms with Crippen LogP contribution in [0.25, 0.3) is 0 Å². The van der Waals surface area contributed by atoms with Gasteiger partial charge in [0, 0.05) is 0 Å². The summed E-state index contributed by atoms with van der Waals surface area (Å²) in [5.74, 6) is -1.51. The molecule has 3 rings (SSSR count). The highest BCUT2D eigenvalue weighted by Crippen LogP contribution is 2.14. The molecule has 1 aliphatic rings. The van der Waals surface area contributed by atoms with E-state index in [1.54, 1.807) is 6.92 Å². The number of nitrogens with one attached hydrogen (secondary N) is 1. The fourth-order valence-electron chi connectivity index (χ4n) is 1.83. The second-order valence-corrected chi connectivity index (χ2v) is 4.41. The lowest BCUT2D eigenvalue weighted by atomic mass is 10.0. The van der Waals surface area contributed by atoms with E-state index in [1.165, 1.54) is 6.92 Å². The highest BCUT2D eigenvalue weighted by molar-refractivity contribution is 6.19. The van der Waals surface area contributed by atoms with E-state index < -0.39 is 29.0 Å². The molecular formula is C10H9N6O6+. The van der Waals surface area contributed by atoms with Gasteiger partial charge in [0.05, 0.1) is 5.71 Å². The summed E-state index contributed by atoms with van der Waals surface area (Å²) in [6, 6.07) is -0.951. The molecule has 0 spiro atoms. The number of hydrogen-bond donors (Lipinski definition) is 2. The Morgan fingerprint density at radius 3 is 2.59 bits per heavy atom. The van der Waals surface area contributed by atoms with Crippen LogP contribution in [-0.2, 0) is 4.94 Å². The predicted molar refractivity (Wildman–Crippen MR) is 61.8 cm³/mol. The number of aryl methyl sites for hydroxylation is 1. The van der Waals surface area contributed by atoms with Crippen LogP contribution in [0.4, 0.5) is 0 Å². The molecule has 0 saturated carbocycles. The monoisotopic (exact) mass is 309 g/mol. The maximum Gasteiger partial charge on any atom is 0.327 e. The van der Waals surface area contributed by atoms with Gasteiger partial charge in [-0.15, -0.1) is 5.48 Å². The summed E-state index contributed by atoms with van der Waals surface area (Å²) in [6.45, 7) is 3.02. The summed E-state index contributed by atoms with van der Waals surface area (Å²) in [5, 5.41) is 23.4. The second-order valence-electron chi connectivity index (χ2n) is 4.41. The number of Topliss-reactive ketones (excluding diaryl/α,β-unsaturated/α-hetero) is 1. The normalized spacial score (nSPS) is 17.2. The van der Waals surface area contributed by atoms with Crippen LogP contribution in [0.15, 0.2) is 14.4 Å². The summed E-state index contributed by atoms with van der Waals surface area (Å²) < 4.78 is 8.89. The lowest BCUT2D eigenvalue weighted by molar-refractivity contribution is -1.04. The van der Waals surface area contributed by atoms with Crippen molar-refractivity contribution in [2.45, 2.75) is 19.9 Å². The molecule has 1 unspecified atom stereocenters. The number of ketones is 2. The number of rotatable bonds is 4. The highest BCUT2D eigenvalue weighted by Gasteiger charge is 2.43. The van der Waals surface area contributed by atoms with Gasteiger partial charge in [-0.25, -0.2) is 4.63 Å². The van der Waals surface area contributed by atoms with Crippen molar-refractivity contribution in [3.8, 4) is 0 Å². The predicted octanol–water partition coefficient (Wildman–Crippen LogP) is -1.42. The van der Waals surface area contributed by atoms with Crippen LogP contribution >= 0.6 is 0 Å². The Morgan fingerprint density at radius 2 is 2.00 bits per heavy atom. The molecule has 1 atom stereocenters. The molecule has 2 N–H and O–H groups in total. The molecule has 114 valence electrons. The van der Waals surface area contributed by atoms with E-state index in [-0.39, 0.29) is 16.3 Å². The van der Waals surface area contributed by atoms with Gasteiger partial charge in [-0.1, -0.05) is 10.3 Å². The van der Waals surface area contributed by atoms with E-state index in [0.717, 1.165) is 0 Å². The zero-order valence-electron chi connectivity index (χ0n) is 11.3. The SMILES string of the molecule is CC1=NONC1C(=O)c1no[n+](O)c1C(=O)c1nonc1C. The Labute approximate surface area is 121 Å². The standard InChI is InChI=1S/C10H9N6O6/c1-3-5(13-20-11-3)9(17)7-8(16(19)22-15-7)10(18)6-4(2)12-21-14-6/h5,13,19H,1-2H3/q+1. The first kappa shape index (κ1) is 13.8. The first-order valence-corrected chi connectivity index (χ1v) is 5.96. The van der Waals surface area contributed by atoms with E-state index in [1.807, 2.05) is 0 Å². The molecule has 0 radical (unpaired) electrons. The van der Waals surface area contributed by atoms with Gasteiger partial charge in [-0.05, 0) is 23.6 Å². The molecule has 0 fully saturated rings. The maximum atomic E-state index is 12.4. The van der Waals surface area contributed by atoms with E-state index in [2.05, 4.69) is 40.3 Å². The van der Waals surface area contributed by atoms with E-state index in [9.17, 15) is 14.8 Å². The lowest BCUT2D eigenvalue weighted by Gasteiger charge is -2.01. The van der Waals surface area contributed by atoms with Crippen LogP contribution < -0.4 is 10.4 Å². The minimum Gasteiger partial charge on any atom is -0.316 e. The summed E-state index contributed by atoms with van der Waals surface area (Å²) in [5.41, 5.74) is 1.76. The van der Waals surface area contributed by atoms with Crippen LogP contribution in [0, 0.1) is 6.92 Å². The summed E-state index contributed by atoms with van der Waals surface area (Å²) >= 11 is 0. The topological polar surface area (TPSA) is 157 Å². The molecule has 2 aromatic rings. The molecule has 0 aliphatic carbocycles. The van der Waals surface area contributed by atoms with Crippen molar-refractivity contribution in [3.63, 3.8) is 0 Å². The minimum atomic E-state index is -0.951. The Kier molecular flexibility index (Phi) is 3.14. The third kappa shape index (κ3) is 2.01. The minimum absolute atomic E-state index is 0.0754. The van der Waals surface area contributed by atoms with Crippen LogP contribution in [0.1, 0.15) is 39.3 Å². The number of hydroxylamine groups is 1. The number of carbonyl (C=O) groups excluding carboxylic acids is 2. The van der Waals surface area contributed by atoms with Gasteiger partial charge < -0.3 is 5.21 Å². The molecule has 12 nitrogen and oxygen atoms in total. The molecule has 22 heavy (non-hydrogen) atoms. The van der Waals surface area contributed by atoms with Crippen molar-refractivity contribution < 1.29 is 33.9 Å². The van der Waals surface area contributed by atoms with Gasteiger partial charge in [-0.3, -0.25) is 14.5 Å². The quantitative estimate of drug-likeness (QED) is 0.507. The fraction of sp³-hybridized carbons (Fsp3) is 0.300. The largest absolute Gasteiger partial charge is 0.327 e. The first-order chi connectivity index (χ1) is 10.5. The van der Waals surface area contributed by atoms with Gasteiger partial charge in [0.2, 0.25) is 5.78 Å². The molecule has 0 bridgehead atoms. The Bertz CT molecular complexity index is 792. The molecule has 2 aromatic heterocycles.